The van der Waals surface area contributed by atoms with Crippen molar-refractivity contribution in [3.05, 3.63) is 0 Å². The summed E-state index contributed by atoms with van der Waals surface area (Å²) in [7, 11) is 0. The van der Waals surface area contributed by atoms with Gasteiger partial charge < -0.3 is 14.9 Å². The maximum atomic E-state index is 10.4. The molecule has 0 bridgehead atoms. The number of rotatable bonds is 1. The standard InChI is InChI=1S/C6H10O4/c1-3-5(6(8)9)4(7)2-10-3/h3-5,7H,2H2,1H3,(H,8,9)/t3-,4-,5-/m0/s1. The second kappa shape index (κ2) is 2.56. The highest BCUT2D eigenvalue weighted by Gasteiger charge is 2.38. The zero-order chi connectivity index (χ0) is 7.72. The number of aliphatic hydroxyl groups excluding tert-OH is 1. The van der Waals surface area contributed by atoms with Crippen LogP contribution in [-0.4, -0.2) is 35.0 Å². The fourth-order valence-corrected chi connectivity index (χ4v) is 1.14. The van der Waals surface area contributed by atoms with Crippen LogP contribution in [0.5, 0.6) is 0 Å². The Balaban J connectivity index is 2.63. The molecular formula is C6H10O4. The summed E-state index contributed by atoms with van der Waals surface area (Å²) in [6.45, 7) is 1.78. The van der Waals surface area contributed by atoms with Gasteiger partial charge >= 0.3 is 5.97 Å². The van der Waals surface area contributed by atoms with Gasteiger partial charge in [-0.15, -0.1) is 0 Å². The zero-order valence-electron chi connectivity index (χ0n) is 5.65. The molecule has 0 aromatic carbocycles. The maximum Gasteiger partial charge on any atom is 0.311 e. The lowest BCUT2D eigenvalue weighted by Crippen LogP contribution is -2.30. The van der Waals surface area contributed by atoms with E-state index in [1.807, 2.05) is 0 Å². The molecule has 58 valence electrons. The molecular weight excluding hydrogens is 136 g/mol. The van der Waals surface area contributed by atoms with Crippen LogP contribution >= 0.6 is 0 Å². The van der Waals surface area contributed by atoms with Gasteiger partial charge in [-0.05, 0) is 6.92 Å². The number of carboxylic acids is 1. The minimum atomic E-state index is -0.988. The fraction of sp³-hybridized carbons (Fsp3) is 0.833. The van der Waals surface area contributed by atoms with Gasteiger partial charge in [0.15, 0.2) is 0 Å². The van der Waals surface area contributed by atoms with E-state index in [0.717, 1.165) is 0 Å². The molecule has 4 nitrogen and oxygen atoms in total. The molecule has 1 saturated heterocycles. The molecule has 0 unspecified atom stereocenters. The van der Waals surface area contributed by atoms with E-state index in [1.165, 1.54) is 0 Å². The Hall–Kier alpha value is -0.610. The van der Waals surface area contributed by atoms with E-state index in [9.17, 15) is 4.79 Å². The molecule has 0 amide bonds. The molecule has 1 fully saturated rings. The smallest absolute Gasteiger partial charge is 0.311 e. The Morgan fingerprint density at radius 1 is 1.70 bits per heavy atom. The van der Waals surface area contributed by atoms with Crippen molar-refractivity contribution in [2.24, 2.45) is 5.92 Å². The molecule has 0 spiro atoms. The molecule has 2 N–H and O–H groups in total. The third kappa shape index (κ3) is 1.12. The molecule has 0 aromatic heterocycles. The van der Waals surface area contributed by atoms with Crippen LogP contribution in [0.2, 0.25) is 0 Å². The summed E-state index contributed by atoms with van der Waals surface area (Å²) >= 11 is 0. The van der Waals surface area contributed by atoms with E-state index in [2.05, 4.69) is 0 Å². The first-order valence-electron chi connectivity index (χ1n) is 3.15. The van der Waals surface area contributed by atoms with E-state index in [4.69, 9.17) is 14.9 Å². The monoisotopic (exact) mass is 146 g/mol. The van der Waals surface area contributed by atoms with Crippen molar-refractivity contribution in [3.63, 3.8) is 0 Å². The van der Waals surface area contributed by atoms with Gasteiger partial charge in [0.1, 0.15) is 5.92 Å². The number of ether oxygens (including phenoxy) is 1. The molecule has 0 aliphatic carbocycles. The summed E-state index contributed by atoms with van der Waals surface area (Å²) in [6.07, 6.45) is -1.21. The molecule has 0 radical (unpaired) electrons. The van der Waals surface area contributed by atoms with Crippen molar-refractivity contribution in [3.8, 4) is 0 Å². The SMILES string of the molecule is C[C@@H]1OC[C@H](O)[C@H]1C(=O)O. The zero-order valence-corrected chi connectivity index (χ0v) is 5.65. The van der Waals surface area contributed by atoms with Gasteiger partial charge in [0.2, 0.25) is 0 Å². The Kier molecular flexibility index (Phi) is 1.92. The van der Waals surface area contributed by atoms with Gasteiger partial charge in [-0.3, -0.25) is 4.79 Å². The van der Waals surface area contributed by atoms with E-state index in [1.54, 1.807) is 6.92 Å². The van der Waals surface area contributed by atoms with Crippen molar-refractivity contribution < 1.29 is 19.7 Å². The lowest BCUT2D eigenvalue weighted by molar-refractivity contribution is -0.145. The molecule has 0 aromatic rings. The predicted octanol–water partition coefficient (Wildman–Crippen LogP) is -0.533. The lowest BCUT2D eigenvalue weighted by atomic mass is 10.0. The Bertz CT molecular complexity index is 135. The van der Waals surface area contributed by atoms with E-state index < -0.39 is 18.0 Å². The number of hydrogen-bond donors (Lipinski definition) is 2. The summed E-state index contributed by atoms with van der Waals surface area (Å²) in [5, 5.41) is 17.5. The minimum Gasteiger partial charge on any atom is -0.481 e. The van der Waals surface area contributed by atoms with Crippen LogP contribution in [-0.2, 0) is 9.53 Å². The summed E-state index contributed by atoms with van der Waals surface area (Å²) in [5.41, 5.74) is 0. The van der Waals surface area contributed by atoms with Gasteiger partial charge in [0.25, 0.3) is 0 Å². The summed E-state index contributed by atoms with van der Waals surface area (Å²) in [5.74, 6) is -1.74. The first-order chi connectivity index (χ1) is 4.63. The summed E-state index contributed by atoms with van der Waals surface area (Å²) in [4.78, 5) is 10.4. The topological polar surface area (TPSA) is 66.8 Å². The molecule has 1 aliphatic rings. The molecule has 1 rings (SSSR count). The van der Waals surface area contributed by atoms with Crippen molar-refractivity contribution >= 4 is 5.97 Å². The van der Waals surface area contributed by atoms with Gasteiger partial charge in [-0.2, -0.15) is 0 Å². The van der Waals surface area contributed by atoms with Gasteiger partial charge in [0.05, 0.1) is 18.8 Å². The first-order valence-corrected chi connectivity index (χ1v) is 3.15. The molecule has 1 aliphatic heterocycles. The predicted molar refractivity (Wildman–Crippen MR) is 32.5 cm³/mol. The van der Waals surface area contributed by atoms with Crippen LogP contribution in [0.4, 0.5) is 0 Å². The van der Waals surface area contributed by atoms with E-state index in [-0.39, 0.29) is 12.7 Å². The summed E-state index contributed by atoms with van der Waals surface area (Å²) < 4.78 is 4.91. The number of carboxylic acid groups (broad SMARTS) is 1. The van der Waals surface area contributed by atoms with Crippen molar-refractivity contribution in [1.82, 2.24) is 0 Å². The first kappa shape index (κ1) is 7.50. The third-order valence-electron chi connectivity index (χ3n) is 1.74. The molecule has 1 heterocycles. The quantitative estimate of drug-likeness (QED) is 0.521. The number of aliphatic hydroxyl groups is 1. The lowest BCUT2D eigenvalue weighted by Gasteiger charge is -2.09. The van der Waals surface area contributed by atoms with Crippen LogP contribution in [0, 0.1) is 5.92 Å². The van der Waals surface area contributed by atoms with E-state index in [0.29, 0.717) is 0 Å². The number of hydrogen-bond acceptors (Lipinski definition) is 3. The van der Waals surface area contributed by atoms with E-state index >= 15 is 0 Å². The molecule has 0 saturated carbocycles. The largest absolute Gasteiger partial charge is 0.481 e. The number of carbonyl (C=O) groups is 1. The van der Waals surface area contributed by atoms with Crippen molar-refractivity contribution in [2.45, 2.75) is 19.1 Å². The second-order valence-electron chi connectivity index (χ2n) is 2.47. The molecule has 4 heteroatoms. The van der Waals surface area contributed by atoms with Crippen LogP contribution in [0.1, 0.15) is 6.92 Å². The Labute approximate surface area is 58.4 Å². The average Bonchev–Trinajstić information content (AvgIpc) is 2.11. The number of aliphatic carboxylic acids is 1. The minimum absolute atomic E-state index is 0.137. The van der Waals surface area contributed by atoms with Crippen LogP contribution in [0.25, 0.3) is 0 Å². The average molecular weight is 146 g/mol. The van der Waals surface area contributed by atoms with Crippen LogP contribution in [0.15, 0.2) is 0 Å². The van der Waals surface area contributed by atoms with Gasteiger partial charge in [-0.25, -0.2) is 0 Å². The van der Waals surface area contributed by atoms with Crippen LogP contribution in [0.3, 0.4) is 0 Å². The highest BCUT2D eigenvalue weighted by molar-refractivity contribution is 5.71. The highest BCUT2D eigenvalue weighted by Crippen LogP contribution is 2.20. The Morgan fingerprint density at radius 2 is 2.30 bits per heavy atom. The van der Waals surface area contributed by atoms with Crippen molar-refractivity contribution in [1.29, 1.82) is 0 Å². The maximum absolute atomic E-state index is 10.4. The molecule has 10 heavy (non-hydrogen) atoms. The molecule has 3 atom stereocenters. The third-order valence-corrected chi connectivity index (χ3v) is 1.74. The second-order valence-corrected chi connectivity index (χ2v) is 2.47. The highest BCUT2D eigenvalue weighted by atomic mass is 16.5. The van der Waals surface area contributed by atoms with Gasteiger partial charge in [-0.1, -0.05) is 0 Å². The normalized spacial score (nSPS) is 40.0. The Morgan fingerprint density at radius 3 is 2.50 bits per heavy atom. The fourth-order valence-electron chi connectivity index (χ4n) is 1.14. The summed E-state index contributed by atoms with van der Waals surface area (Å²) in [6, 6.07) is 0. The van der Waals surface area contributed by atoms with Crippen molar-refractivity contribution in [2.75, 3.05) is 6.61 Å². The van der Waals surface area contributed by atoms with Crippen LogP contribution < -0.4 is 0 Å². The van der Waals surface area contributed by atoms with Gasteiger partial charge in [0, 0.05) is 0 Å².